The van der Waals surface area contributed by atoms with Crippen molar-refractivity contribution in [1.29, 1.82) is 0 Å². The molecule has 4 nitrogen and oxygen atoms in total. The molecule has 1 aromatic rings. The van der Waals surface area contributed by atoms with E-state index in [0.29, 0.717) is 11.5 Å². The minimum absolute atomic E-state index is 0.506. The molecule has 1 aliphatic rings. The predicted molar refractivity (Wildman–Crippen MR) is 89.9 cm³/mol. The van der Waals surface area contributed by atoms with Crippen LogP contribution in [-0.4, -0.2) is 22.6 Å². The van der Waals surface area contributed by atoms with E-state index in [1.54, 1.807) is 0 Å². The second-order valence-corrected chi connectivity index (χ2v) is 6.92. The number of anilines is 2. The minimum Gasteiger partial charge on any atom is -0.370 e. The van der Waals surface area contributed by atoms with Crippen molar-refractivity contribution in [3.63, 3.8) is 0 Å². The molecule has 0 unspecified atom stereocenters. The maximum atomic E-state index is 4.67. The third-order valence-electron chi connectivity index (χ3n) is 4.30. The summed E-state index contributed by atoms with van der Waals surface area (Å²) in [6.45, 7) is 9.89. The molecule has 0 saturated heterocycles. The number of aromatic nitrogens is 2. The van der Waals surface area contributed by atoms with Gasteiger partial charge in [0.05, 0.1) is 0 Å². The van der Waals surface area contributed by atoms with Crippen LogP contribution in [0.2, 0.25) is 0 Å². The van der Waals surface area contributed by atoms with E-state index < -0.39 is 0 Å². The zero-order chi connectivity index (χ0) is 15.3. The van der Waals surface area contributed by atoms with Crippen molar-refractivity contribution < 1.29 is 0 Å². The van der Waals surface area contributed by atoms with E-state index in [0.717, 1.165) is 36.8 Å². The molecule has 2 rings (SSSR count). The molecule has 0 amide bonds. The van der Waals surface area contributed by atoms with Crippen LogP contribution in [0.3, 0.4) is 0 Å². The Morgan fingerprint density at radius 3 is 2.43 bits per heavy atom. The highest BCUT2D eigenvalue weighted by Crippen LogP contribution is 2.36. The maximum absolute atomic E-state index is 4.67. The second-order valence-electron chi connectivity index (χ2n) is 6.92. The van der Waals surface area contributed by atoms with Crippen LogP contribution in [0.5, 0.6) is 0 Å². The number of hydrogen-bond acceptors (Lipinski definition) is 4. The summed E-state index contributed by atoms with van der Waals surface area (Å²) >= 11 is 0. The lowest BCUT2D eigenvalue weighted by molar-refractivity contribution is 0.232. The molecule has 0 aromatic carbocycles. The standard InChI is InChI=1S/C17H30N4/c1-5-7-14-20-15(18-6-2)12-16(21-14)19-13-8-10-17(3,4)11-9-13/h12-13H,5-11H2,1-4H3,(H2,18,19,20,21). The Bertz CT molecular complexity index is 422. The van der Waals surface area contributed by atoms with Gasteiger partial charge in [-0.05, 0) is 44.4 Å². The molecular formula is C17H30N4. The minimum atomic E-state index is 0.506. The molecule has 0 radical (unpaired) electrons. The van der Waals surface area contributed by atoms with Crippen LogP contribution in [0.15, 0.2) is 6.07 Å². The molecule has 1 aliphatic carbocycles. The molecule has 0 spiro atoms. The zero-order valence-corrected chi connectivity index (χ0v) is 14.0. The summed E-state index contributed by atoms with van der Waals surface area (Å²) in [5, 5.41) is 6.93. The summed E-state index contributed by atoms with van der Waals surface area (Å²) < 4.78 is 0. The largest absolute Gasteiger partial charge is 0.370 e. The van der Waals surface area contributed by atoms with Gasteiger partial charge in [-0.25, -0.2) is 9.97 Å². The lowest BCUT2D eigenvalue weighted by Crippen LogP contribution is -2.30. The molecule has 4 heteroatoms. The Morgan fingerprint density at radius 2 is 1.81 bits per heavy atom. The van der Waals surface area contributed by atoms with E-state index in [1.807, 2.05) is 6.07 Å². The first-order valence-corrected chi connectivity index (χ1v) is 8.41. The highest BCUT2D eigenvalue weighted by atomic mass is 15.1. The summed E-state index contributed by atoms with van der Waals surface area (Å²) in [5.74, 6) is 2.86. The highest BCUT2D eigenvalue weighted by Gasteiger charge is 2.26. The van der Waals surface area contributed by atoms with Gasteiger partial charge in [0, 0.05) is 25.1 Å². The molecule has 21 heavy (non-hydrogen) atoms. The van der Waals surface area contributed by atoms with Gasteiger partial charge in [-0.15, -0.1) is 0 Å². The average Bonchev–Trinajstić information content (AvgIpc) is 2.42. The Hall–Kier alpha value is -1.32. The predicted octanol–water partition coefficient (Wildman–Crippen LogP) is 4.24. The van der Waals surface area contributed by atoms with E-state index in [1.165, 1.54) is 25.7 Å². The van der Waals surface area contributed by atoms with Crippen LogP contribution in [-0.2, 0) is 6.42 Å². The SMILES string of the molecule is CCCc1nc(NCC)cc(NC2CCC(C)(C)CC2)n1. The molecule has 1 heterocycles. The van der Waals surface area contributed by atoms with Crippen molar-refractivity contribution in [2.45, 2.75) is 72.3 Å². The van der Waals surface area contributed by atoms with Crippen LogP contribution in [0.4, 0.5) is 11.6 Å². The van der Waals surface area contributed by atoms with Crippen molar-refractivity contribution in [3.8, 4) is 0 Å². The van der Waals surface area contributed by atoms with Crippen molar-refractivity contribution in [2.24, 2.45) is 5.41 Å². The van der Waals surface area contributed by atoms with Gasteiger partial charge < -0.3 is 10.6 Å². The Balaban J connectivity index is 2.04. The normalized spacial score (nSPS) is 18.5. The topological polar surface area (TPSA) is 49.8 Å². The van der Waals surface area contributed by atoms with Crippen molar-refractivity contribution >= 4 is 11.6 Å². The number of nitrogens with one attached hydrogen (secondary N) is 2. The molecule has 0 aliphatic heterocycles. The van der Waals surface area contributed by atoms with Gasteiger partial charge in [-0.2, -0.15) is 0 Å². The lowest BCUT2D eigenvalue weighted by atomic mass is 9.75. The maximum Gasteiger partial charge on any atom is 0.133 e. The highest BCUT2D eigenvalue weighted by molar-refractivity contribution is 5.48. The van der Waals surface area contributed by atoms with E-state index >= 15 is 0 Å². The number of hydrogen-bond donors (Lipinski definition) is 2. The molecule has 0 atom stereocenters. The summed E-state index contributed by atoms with van der Waals surface area (Å²) in [4.78, 5) is 9.24. The van der Waals surface area contributed by atoms with Gasteiger partial charge >= 0.3 is 0 Å². The van der Waals surface area contributed by atoms with Crippen molar-refractivity contribution in [2.75, 3.05) is 17.2 Å². The van der Waals surface area contributed by atoms with Gasteiger partial charge in [0.25, 0.3) is 0 Å². The van der Waals surface area contributed by atoms with Gasteiger partial charge in [0.15, 0.2) is 0 Å². The lowest BCUT2D eigenvalue weighted by Gasteiger charge is -2.34. The first-order chi connectivity index (χ1) is 10.0. The van der Waals surface area contributed by atoms with Gasteiger partial charge in [-0.3, -0.25) is 0 Å². The van der Waals surface area contributed by atoms with E-state index in [9.17, 15) is 0 Å². The fourth-order valence-electron chi connectivity index (χ4n) is 2.93. The Kier molecular flexibility index (Phi) is 5.43. The first kappa shape index (κ1) is 16.1. The van der Waals surface area contributed by atoms with Crippen LogP contribution in [0.1, 0.15) is 65.6 Å². The molecule has 1 fully saturated rings. The quantitative estimate of drug-likeness (QED) is 0.822. The van der Waals surface area contributed by atoms with Crippen LogP contribution in [0, 0.1) is 5.41 Å². The van der Waals surface area contributed by atoms with Gasteiger partial charge in [0.1, 0.15) is 17.5 Å². The third kappa shape index (κ3) is 4.87. The molecule has 118 valence electrons. The summed E-state index contributed by atoms with van der Waals surface area (Å²) in [7, 11) is 0. The smallest absolute Gasteiger partial charge is 0.133 e. The van der Waals surface area contributed by atoms with E-state index in [4.69, 9.17) is 0 Å². The molecular weight excluding hydrogens is 260 g/mol. The molecule has 1 saturated carbocycles. The molecule has 0 bridgehead atoms. The van der Waals surface area contributed by atoms with Crippen molar-refractivity contribution in [3.05, 3.63) is 11.9 Å². The Morgan fingerprint density at radius 1 is 1.14 bits per heavy atom. The fraction of sp³-hybridized carbons (Fsp3) is 0.765. The molecule has 1 aromatic heterocycles. The number of nitrogens with zero attached hydrogens (tertiary/aromatic N) is 2. The fourth-order valence-corrected chi connectivity index (χ4v) is 2.93. The number of aryl methyl sites for hydroxylation is 1. The Labute approximate surface area is 129 Å². The van der Waals surface area contributed by atoms with E-state index in [-0.39, 0.29) is 0 Å². The third-order valence-corrected chi connectivity index (χ3v) is 4.30. The summed E-state index contributed by atoms with van der Waals surface area (Å²) in [5.41, 5.74) is 0.506. The second kappa shape index (κ2) is 7.10. The van der Waals surface area contributed by atoms with Crippen LogP contribution < -0.4 is 10.6 Å². The van der Waals surface area contributed by atoms with Crippen LogP contribution in [0.25, 0.3) is 0 Å². The molecule has 2 N–H and O–H groups in total. The number of rotatable bonds is 6. The van der Waals surface area contributed by atoms with Gasteiger partial charge in [-0.1, -0.05) is 20.8 Å². The summed E-state index contributed by atoms with van der Waals surface area (Å²) in [6.07, 6.45) is 7.06. The average molecular weight is 290 g/mol. The first-order valence-electron chi connectivity index (χ1n) is 8.41. The van der Waals surface area contributed by atoms with Crippen molar-refractivity contribution in [1.82, 2.24) is 9.97 Å². The summed E-state index contributed by atoms with van der Waals surface area (Å²) in [6, 6.07) is 2.60. The van der Waals surface area contributed by atoms with Gasteiger partial charge in [0.2, 0.25) is 0 Å². The monoisotopic (exact) mass is 290 g/mol. The van der Waals surface area contributed by atoms with Crippen LogP contribution >= 0.6 is 0 Å². The van der Waals surface area contributed by atoms with E-state index in [2.05, 4.69) is 48.3 Å². The zero-order valence-electron chi connectivity index (χ0n) is 14.0.